The van der Waals surface area contributed by atoms with Crippen molar-refractivity contribution in [2.45, 2.75) is 13.8 Å². The second-order valence-corrected chi connectivity index (χ2v) is 6.86. The topological polar surface area (TPSA) is 49.6 Å². The minimum atomic E-state index is 0.671. The molecule has 0 aliphatic carbocycles. The van der Waals surface area contributed by atoms with Gasteiger partial charge in [0.2, 0.25) is 0 Å². The third kappa shape index (κ3) is 3.67. The minimum Gasteiger partial charge on any atom is -0.233 e. The van der Waals surface area contributed by atoms with Crippen LogP contribution in [0.5, 0.6) is 0 Å². The molecule has 0 unspecified atom stereocenters. The van der Waals surface area contributed by atoms with Crippen molar-refractivity contribution in [2.24, 2.45) is 0 Å². The standard InChI is InChI=1S/C25H19N3/c1-17-11-19(16-26)14-23(12-17)21-9-6-10-22(15-21)24-13-18(2)27-25(28-24)20-7-4-3-5-8-20/h3-15H,1-2H3. The summed E-state index contributed by atoms with van der Waals surface area (Å²) < 4.78 is 0. The van der Waals surface area contributed by atoms with Crippen LogP contribution in [0.2, 0.25) is 0 Å². The molecule has 0 saturated carbocycles. The fourth-order valence-electron chi connectivity index (χ4n) is 3.31. The molecule has 1 aromatic heterocycles. The number of aromatic nitrogens is 2. The molecule has 3 aromatic carbocycles. The highest BCUT2D eigenvalue weighted by Crippen LogP contribution is 2.28. The van der Waals surface area contributed by atoms with Crippen LogP contribution in [0.1, 0.15) is 16.8 Å². The summed E-state index contributed by atoms with van der Waals surface area (Å²) in [6, 6.07) is 28.4. The van der Waals surface area contributed by atoms with E-state index < -0.39 is 0 Å². The average Bonchev–Trinajstić information content (AvgIpc) is 2.73. The molecule has 0 aliphatic heterocycles. The summed E-state index contributed by atoms with van der Waals surface area (Å²) in [5, 5.41) is 9.27. The highest BCUT2D eigenvalue weighted by Gasteiger charge is 2.09. The van der Waals surface area contributed by atoms with Gasteiger partial charge >= 0.3 is 0 Å². The van der Waals surface area contributed by atoms with Gasteiger partial charge in [0.15, 0.2) is 5.82 Å². The fraction of sp³-hybridized carbons (Fsp3) is 0.0800. The van der Waals surface area contributed by atoms with Crippen molar-refractivity contribution in [3.05, 3.63) is 95.7 Å². The number of rotatable bonds is 3. The first kappa shape index (κ1) is 17.6. The van der Waals surface area contributed by atoms with Crippen molar-refractivity contribution in [2.75, 3.05) is 0 Å². The molecule has 1 heterocycles. The smallest absolute Gasteiger partial charge is 0.160 e. The lowest BCUT2D eigenvalue weighted by Crippen LogP contribution is -1.95. The van der Waals surface area contributed by atoms with Gasteiger partial charge in [-0.25, -0.2) is 9.97 Å². The van der Waals surface area contributed by atoms with Crippen molar-refractivity contribution in [1.29, 1.82) is 5.26 Å². The van der Waals surface area contributed by atoms with Gasteiger partial charge in [0.05, 0.1) is 17.3 Å². The Hall–Kier alpha value is -3.77. The molecule has 3 nitrogen and oxygen atoms in total. The van der Waals surface area contributed by atoms with E-state index in [9.17, 15) is 5.26 Å². The first-order valence-electron chi connectivity index (χ1n) is 9.16. The summed E-state index contributed by atoms with van der Waals surface area (Å²) in [6.45, 7) is 4.00. The molecule has 0 amide bonds. The summed E-state index contributed by atoms with van der Waals surface area (Å²) >= 11 is 0. The lowest BCUT2D eigenvalue weighted by Gasteiger charge is -2.09. The van der Waals surface area contributed by atoms with Crippen LogP contribution in [-0.2, 0) is 0 Å². The van der Waals surface area contributed by atoms with Gasteiger partial charge in [-0.1, -0.05) is 54.6 Å². The van der Waals surface area contributed by atoms with Crippen molar-refractivity contribution in [3.63, 3.8) is 0 Å². The fourth-order valence-corrected chi connectivity index (χ4v) is 3.31. The highest BCUT2D eigenvalue weighted by atomic mass is 14.9. The summed E-state index contributed by atoms with van der Waals surface area (Å²) in [4.78, 5) is 9.39. The molecule has 3 heteroatoms. The monoisotopic (exact) mass is 361 g/mol. The third-order valence-electron chi connectivity index (χ3n) is 4.58. The maximum atomic E-state index is 9.27. The predicted molar refractivity (Wildman–Crippen MR) is 113 cm³/mol. The molecule has 134 valence electrons. The van der Waals surface area contributed by atoms with E-state index in [1.807, 2.05) is 68.4 Å². The van der Waals surface area contributed by atoms with Crippen LogP contribution < -0.4 is 0 Å². The molecule has 0 fully saturated rings. The van der Waals surface area contributed by atoms with E-state index in [0.717, 1.165) is 45.0 Å². The molecule has 0 bridgehead atoms. The second kappa shape index (κ2) is 7.46. The lowest BCUT2D eigenvalue weighted by molar-refractivity contribution is 1.11. The van der Waals surface area contributed by atoms with Crippen molar-refractivity contribution in [3.8, 4) is 39.8 Å². The van der Waals surface area contributed by atoms with Crippen molar-refractivity contribution < 1.29 is 0 Å². The minimum absolute atomic E-state index is 0.671. The van der Waals surface area contributed by atoms with E-state index in [1.165, 1.54) is 0 Å². The zero-order chi connectivity index (χ0) is 19.5. The van der Waals surface area contributed by atoms with E-state index in [4.69, 9.17) is 4.98 Å². The van der Waals surface area contributed by atoms with Gasteiger partial charge in [-0.3, -0.25) is 0 Å². The SMILES string of the molecule is Cc1cc(C#N)cc(-c2cccc(-c3cc(C)nc(-c4ccccc4)n3)c2)c1. The maximum Gasteiger partial charge on any atom is 0.160 e. The van der Waals surface area contributed by atoms with Crippen LogP contribution in [0.4, 0.5) is 0 Å². The quantitative estimate of drug-likeness (QED) is 0.452. The normalized spacial score (nSPS) is 10.5. The Morgan fingerprint density at radius 3 is 2.21 bits per heavy atom. The van der Waals surface area contributed by atoms with Crippen LogP contribution in [0.15, 0.2) is 78.9 Å². The molecule has 0 spiro atoms. The zero-order valence-corrected chi connectivity index (χ0v) is 15.8. The number of aryl methyl sites for hydroxylation is 2. The molecular weight excluding hydrogens is 342 g/mol. The zero-order valence-electron chi connectivity index (χ0n) is 15.8. The van der Waals surface area contributed by atoms with E-state index in [0.29, 0.717) is 5.56 Å². The molecule has 28 heavy (non-hydrogen) atoms. The third-order valence-corrected chi connectivity index (χ3v) is 4.58. The van der Waals surface area contributed by atoms with Gasteiger partial charge in [0.25, 0.3) is 0 Å². The van der Waals surface area contributed by atoms with Gasteiger partial charge in [0, 0.05) is 16.8 Å². The van der Waals surface area contributed by atoms with Crippen LogP contribution in [0.3, 0.4) is 0 Å². The van der Waals surface area contributed by atoms with Gasteiger partial charge in [0.1, 0.15) is 0 Å². The summed E-state index contributed by atoms with van der Waals surface area (Å²) in [5.41, 5.74) is 7.69. The number of hydrogen-bond acceptors (Lipinski definition) is 3. The van der Waals surface area contributed by atoms with E-state index in [-0.39, 0.29) is 0 Å². The average molecular weight is 361 g/mol. The van der Waals surface area contributed by atoms with Crippen LogP contribution in [-0.4, -0.2) is 9.97 Å². The number of nitriles is 1. The molecular formula is C25H19N3. The molecule has 0 N–H and O–H groups in total. The van der Waals surface area contributed by atoms with Crippen LogP contribution in [0.25, 0.3) is 33.8 Å². The molecule has 0 radical (unpaired) electrons. The van der Waals surface area contributed by atoms with Gasteiger partial charge in [-0.05, 0) is 54.8 Å². The number of hydrogen-bond donors (Lipinski definition) is 0. The van der Waals surface area contributed by atoms with E-state index in [1.54, 1.807) is 0 Å². The Balaban J connectivity index is 1.80. The van der Waals surface area contributed by atoms with Crippen molar-refractivity contribution >= 4 is 0 Å². The Morgan fingerprint density at radius 2 is 1.43 bits per heavy atom. The predicted octanol–water partition coefficient (Wildman–Crippen LogP) is 5.97. The Morgan fingerprint density at radius 1 is 0.679 bits per heavy atom. The van der Waals surface area contributed by atoms with Gasteiger partial charge in [-0.2, -0.15) is 5.26 Å². The van der Waals surface area contributed by atoms with Crippen LogP contribution >= 0.6 is 0 Å². The highest BCUT2D eigenvalue weighted by molar-refractivity contribution is 5.73. The summed E-state index contributed by atoms with van der Waals surface area (Å²) in [7, 11) is 0. The number of nitrogens with zero attached hydrogens (tertiary/aromatic N) is 3. The Bertz CT molecular complexity index is 1190. The Kier molecular flexibility index (Phi) is 4.70. The molecule has 0 saturated heterocycles. The number of benzene rings is 3. The molecule has 4 aromatic rings. The summed E-state index contributed by atoms with van der Waals surface area (Å²) in [5.74, 6) is 0.725. The van der Waals surface area contributed by atoms with E-state index >= 15 is 0 Å². The van der Waals surface area contributed by atoms with Gasteiger partial charge in [-0.15, -0.1) is 0 Å². The molecule has 4 rings (SSSR count). The maximum absolute atomic E-state index is 9.27. The first-order chi connectivity index (χ1) is 13.6. The largest absolute Gasteiger partial charge is 0.233 e. The van der Waals surface area contributed by atoms with Crippen LogP contribution in [0, 0.1) is 25.2 Å². The van der Waals surface area contributed by atoms with Crippen molar-refractivity contribution in [1.82, 2.24) is 9.97 Å². The van der Waals surface area contributed by atoms with E-state index in [2.05, 4.69) is 35.3 Å². The lowest BCUT2D eigenvalue weighted by atomic mass is 9.98. The second-order valence-electron chi connectivity index (χ2n) is 6.86. The molecule has 0 atom stereocenters. The van der Waals surface area contributed by atoms with Gasteiger partial charge < -0.3 is 0 Å². The summed E-state index contributed by atoms with van der Waals surface area (Å²) in [6.07, 6.45) is 0. The first-order valence-corrected chi connectivity index (χ1v) is 9.16. The molecule has 0 aliphatic rings. The Labute approximate surface area is 165 Å².